The van der Waals surface area contributed by atoms with Crippen molar-refractivity contribution in [1.29, 1.82) is 0 Å². The number of ether oxygens (including phenoxy) is 4. The predicted octanol–water partition coefficient (Wildman–Crippen LogP) is 3.73. The summed E-state index contributed by atoms with van der Waals surface area (Å²) in [6.07, 6.45) is 0.746. The second-order valence-corrected chi connectivity index (χ2v) is 7.56. The zero-order valence-electron chi connectivity index (χ0n) is 19.6. The third-order valence-electron chi connectivity index (χ3n) is 5.55. The molecule has 1 aliphatic rings. The molecule has 10 nitrogen and oxygen atoms in total. The third-order valence-corrected chi connectivity index (χ3v) is 5.55. The largest absolute Gasteiger partial charge is 0.504 e. The molecule has 35 heavy (non-hydrogen) atoms. The predicted molar refractivity (Wildman–Crippen MR) is 129 cm³/mol. The molecule has 4 rings (SSSR count). The van der Waals surface area contributed by atoms with Crippen molar-refractivity contribution in [3.8, 4) is 34.5 Å². The molecular formula is C25H25N3O7. The molecule has 0 fully saturated rings. The molecule has 0 saturated carbocycles. The molecule has 1 heterocycles. The van der Waals surface area contributed by atoms with E-state index in [1.54, 1.807) is 36.4 Å². The highest BCUT2D eigenvalue weighted by atomic mass is 16.5. The van der Waals surface area contributed by atoms with Gasteiger partial charge in [-0.25, -0.2) is 5.01 Å². The number of methoxy groups -OCH3 is 4. The molecule has 1 atom stereocenters. The number of phenols is 2. The van der Waals surface area contributed by atoms with Crippen LogP contribution >= 0.6 is 0 Å². The van der Waals surface area contributed by atoms with Gasteiger partial charge in [-0.05, 0) is 42.0 Å². The lowest BCUT2D eigenvalue weighted by atomic mass is 10.0. The van der Waals surface area contributed by atoms with Crippen LogP contribution in [0.25, 0.3) is 0 Å². The summed E-state index contributed by atoms with van der Waals surface area (Å²) in [5.41, 5.74) is 2.09. The Bertz CT molecular complexity index is 1290. The van der Waals surface area contributed by atoms with E-state index >= 15 is 0 Å². The molecule has 182 valence electrons. The van der Waals surface area contributed by atoms with E-state index in [9.17, 15) is 15.0 Å². The summed E-state index contributed by atoms with van der Waals surface area (Å²) >= 11 is 0. The summed E-state index contributed by atoms with van der Waals surface area (Å²) in [5, 5.41) is 28.9. The fourth-order valence-corrected chi connectivity index (χ4v) is 3.74. The maximum atomic E-state index is 13.6. The summed E-state index contributed by atoms with van der Waals surface area (Å²) in [4.78, 5) is 13.6. The molecule has 0 radical (unpaired) electrons. The number of anilines is 1. The Morgan fingerprint density at radius 1 is 0.829 bits per heavy atom. The van der Waals surface area contributed by atoms with Crippen LogP contribution in [-0.4, -0.2) is 55.8 Å². The number of rotatable bonds is 7. The highest BCUT2D eigenvalue weighted by Crippen LogP contribution is 2.41. The van der Waals surface area contributed by atoms with Crippen LogP contribution in [0.1, 0.15) is 27.7 Å². The van der Waals surface area contributed by atoms with Crippen molar-refractivity contribution in [2.45, 2.75) is 6.17 Å². The Morgan fingerprint density at radius 3 is 2.09 bits per heavy atom. The van der Waals surface area contributed by atoms with Gasteiger partial charge in [-0.3, -0.25) is 4.79 Å². The molecule has 0 saturated heterocycles. The van der Waals surface area contributed by atoms with Gasteiger partial charge in [0.2, 0.25) is 0 Å². The Hall–Kier alpha value is -4.60. The first-order valence-corrected chi connectivity index (χ1v) is 10.5. The van der Waals surface area contributed by atoms with Gasteiger partial charge in [-0.15, -0.1) is 0 Å². The van der Waals surface area contributed by atoms with Gasteiger partial charge < -0.3 is 34.5 Å². The van der Waals surface area contributed by atoms with Crippen LogP contribution < -0.4 is 24.3 Å². The number of hydrogen-bond acceptors (Lipinski definition) is 9. The van der Waals surface area contributed by atoms with Gasteiger partial charge in [0.15, 0.2) is 40.7 Å². The minimum Gasteiger partial charge on any atom is -0.504 e. The second kappa shape index (κ2) is 9.72. The molecule has 1 aliphatic heterocycles. The van der Waals surface area contributed by atoms with Crippen LogP contribution in [-0.2, 0) is 0 Å². The number of hydrogen-bond donors (Lipinski definition) is 3. The normalized spacial score (nSPS) is 14.9. The first kappa shape index (κ1) is 23.6. The molecule has 10 heteroatoms. The van der Waals surface area contributed by atoms with Gasteiger partial charge in [-0.2, -0.15) is 5.10 Å². The Kier molecular flexibility index (Phi) is 6.54. The summed E-state index contributed by atoms with van der Waals surface area (Å²) in [6.45, 7) is 0. The van der Waals surface area contributed by atoms with Crippen molar-refractivity contribution < 1.29 is 34.0 Å². The fraction of sp³-hybridized carbons (Fsp3) is 0.200. The van der Waals surface area contributed by atoms with Gasteiger partial charge in [0, 0.05) is 11.6 Å². The van der Waals surface area contributed by atoms with E-state index in [-0.39, 0.29) is 23.0 Å². The quantitative estimate of drug-likeness (QED) is 0.438. The number of benzene rings is 3. The van der Waals surface area contributed by atoms with Crippen molar-refractivity contribution in [2.75, 3.05) is 33.8 Å². The number of fused-ring (bicyclic) bond motifs is 1. The lowest BCUT2D eigenvalue weighted by Gasteiger charge is -2.35. The van der Waals surface area contributed by atoms with Gasteiger partial charge >= 0.3 is 0 Å². The highest BCUT2D eigenvalue weighted by Gasteiger charge is 2.35. The zero-order chi connectivity index (χ0) is 25.1. The van der Waals surface area contributed by atoms with Crippen molar-refractivity contribution in [1.82, 2.24) is 5.01 Å². The SMILES string of the molecule is COc1cc(C=NN2C(=O)c3cc(OC)c(OC)cc3NC2c2ccc(O)c(OC)c2)ccc1O. The number of aromatic hydroxyl groups is 2. The van der Waals surface area contributed by atoms with E-state index in [0.717, 1.165) is 0 Å². The molecule has 3 N–H and O–H groups in total. The summed E-state index contributed by atoms with van der Waals surface area (Å²) in [5.74, 6) is 0.959. The van der Waals surface area contributed by atoms with Crippen LogP contribution in [0.15, 0.2) is 53.6 Å². The number of carbonyl (C=O) groups is 1. The molecule has 1 amide bonds. The minimum absolute atomic E-state index is 0.00981. The van der Waals surface area contributed by atoms with Crippen LogP contribution in [0.3, 0.4) is 0 Å². The molecule has 0 aromatic heterocycles. The van der Waals surface area contributed by atoms with Crippen molar-refractivity contribution in [3.63, 3.8) is 0 Å². The molecule has 1 unspecified atom stereocenters. The molecule has 3 aromatic rings. The summed E-state index contributed by atoms with van der Waals surface area (Å²) in [6, 6.07) is 12.8. The van der Waals surface area contributed by atoms with Gasteiger partial charge in [0.1, 0.15) is 0 Å². The van der Waals surface area contributed by atoms with Gasteiger partial charge in [0.25, 0.3) is 5.91 Å². The molecular weight excluding hydrogens is 454 g/mol. The van der Waals surface area contributed by atoms with Crippen molar-refractivity contribution in [2.24, 2.45) is 5.10 Å². The zero-order valence-corrected chi connectivity index (χ0v) is 19.6. The highest BCUT2D eigenvalue weighted by molar-refractivity contribution is 6.03. The number of hydrazone groups is 1. The maximum Gasteiger partial charge on any atom is 0.278 e. The lowest BCUT2D eigenvalue weighted by molar-refractivity contribution is 0.0690. The first-order chi connectivity index (χ1) is 16.9. The van der Waals surface area contributed by atoms with Crippen LogP contribution in [0.5, 0.6) is 34.5 Å². The van der Waals surface area contributed by atoms with Gasteiger partial charge in [0.05, 0.1) is 45.9 Å². The second-order valence-electron chi connectivity index (χ2n) is 7.56. The molecule has 0 bridgehead atoms. The van der Waals surface area contributed by atoms with Crippen LogP contribution in [0.2, 0.25) is 0 Å². The Morgan fingerprint density at radius 2 is 1.43 bits per heavy atom. The first-order valence-electron chi connectivity index (χ1n) is 10.5. The van der Waals surface area contributed by atoms with E-state index in [0.29, 0.717) is 33.9 Å². The monoisotopic (exact) mass is 479 g/mol. The van der Waals surface area contributed by atoms with E-state index in [4.69, 9.17) is 18.9 Å². The van der Waals surface area contributed by atoms with E-state index in [1.165, 1.54) is 51.8 Å². The van der Waals surface area contributed by atoms with E-state index in [2.05, 4.69) is 10.4 Å². The number of phenolic OH excluding ortho intramolecular Hbond substituents is 2. The maximum absolute atomic E-state index is 13.6. The Balaban J connectivity index is 1.81. The number of nitrogens with zero attached hydrogens (tertiary/aromatic N) is 2. The molecule has 0 spiro atoms. The third kappa shape index (κ3) is 4.45. The van der Waals surface area contributed by atoms with Crippen LogP contribution in [0, 0.1) is 0 Å². The summed E-state index contributed by atoms with van der Waals surface area (Å²) < 4.78 is 21.2. The van der Waals surface area contributed by atoms with Crippen LogP contribution in [0.4, 0.5) is 5.69 Å². The minimum atomic E-state index is -0.738. The van der Waals surface area contributed by atoms with Crippen molar-refractivity contribution in [3.05, 3.63) is 65.2 Å². The van der Waals surface area contributed by atoms with E-state index < -0.39 is 12.1 Å². The number of amides is 1. The molecule has 3 aromatic carbocycles. The number of nitrogens with one attached hydrogen (secondary N) is 1. The average Bonchev–Trinajstić information content (AvgIpc) is 2.88. The smallest absolute Gasteiger partial charge is 0.278 e. The van der Waals surface area contributed by atoms with Crippen molar-refractivity contribution >= 4 is 17.8 Å². The fourth-order valence-electron chi connectivity index (χ4n) is 3.74. The number of carbonyl (C=O) groups excluding carboxylic acids is 1. The summed E-state index contributed by atoms with van der Waals surface area (Å²) in [7, 11) is 5.89. The average molecular weight is 479 g/mol. The lowest BCUT2D eigenvalue weighted by Crippen LogP contribution is -2.39. The standard InChI is InChI=1S/C25H25N3O7/c1-32-20-9-14(5-7-18(20)29)13-26-28-24(15-6-8-19(30)21(10-15)33-2)27-17-12-23(35-4)22(34-3)11-16(17)25(28)31/h5-13,24,27,29-30H,1-4H3. The Labute approximate surface area is 201 Å². The van der Waals surface area contributed by atoms with Gasteiger partial charge in [-0.1, -0.05) is 6.07 Å². The topological polar surface area (TPSA) is 122 Å². The van der Waals surface area contributed by atoms with E-state index in [1.807, 2.05) is 0 Å². The molecule has 0 aliphatic carbocycles.